The standard InChI is InChI=1S/C15H16N4O2/c1-9-6-4-5-7-11(9)8-19-10(2)16-13-12(19)14(20)17-15(21)18(13)3/h4-7H,8H2,1-3H3,(H,17,20,21). The maximum atomic E-state index is 12.1. The zero-order valence-electron chi connectivity index (χ0n) is 12.2. The first kappa shape index (κ1) is 13.4. The first-order chi connectivity index (χ1) is 9.99. The molecule has 2 aromatic heterocycles. The molecule has 6 heteroatoms. The molecule has 3 aromatic rings. The van der Waals surface area contributed by atoms with Gasteiger partial charge in [0.2, 0.25) is 0 Å². The summed E-state index contributed by atoms with van der Waals surface area (Å²) in [6, 6.07) is 8.01. The number of H-pyrrole nitrogens is 1. The van der Waals surface area contributed by atoms with E-state index in [1.165, 1.54) is 4.57 Å². The molecule has 3 rings (SSSR count). The van der Waals surface area contributed by atoms with Crippen molar-refractivity contribution in [1.29, 1.82) is 0 Å². The third-order valence-corrected chi connectivity index (χ3v) is 3.79. The van der Waals surface area contributed by atoms with Crippen LogP contribution in [-0.4, -0.2) is 19.1 Å². The zero-order chi connectivity index (χ0) is 15.1. The number of imidazole rings is 1. The van der Waals surface area contributed by atoms with Crippen LogP contribution < -0.4 is 11.2 Å². The summed E-state index contributed by atoms with van der Waals surface area (Å²) in [6.07, 6.45) is 0. The molecule has 0 bridgehead atoms. The van der Waals surface area contributed by atoms with Gasteiger partial charge in [-0.2, -0.15) is 0 Å². The van der Waals surface area contributed by atoms with Crippen LogP contribution in [0.2, 0.25) is 0 Å². The molecule has 21 heavy (non-hydrogen) atoms. The fourth-order valence-electron chi connectivity index (χ4n) is 2.49. The summed E-state index contributed by atoms with van der Waals surface area (Å²) in [4.78, 5) is 30.5. The van der Waals surface area contributed by atoms with E-state index in [0.717, 1.165) is 11.1 Å². The molecule has 0 amide bonds. The number of nitrogens with one attached hydrogen (secondary N) is 1. The summed E-state index contributed by atoms with van der Waals surface area (Å²) in [5.41, 5.74) is 2.26. The Morgan fingerprint density at radius 2 is 1.90 bits per heavy atom. The Morgan fingerprint density at radius 3 is 2.62 bits per heavy atom. The third-order valence-electron chi connectivity index (χ3n) is 3.79. The molecular weight excluding hydrogens is 268 g/mol. The second-order valence-electron chi connectivity index (χ2n) is 5.16. The maximum Gasteiger partial charge on any atom is 0.329 e. The zero-order valence-corrected chi connectivity index (χ0v) is 12.2. The van der Waals surface area contributed by atoms with Gasteiger partial charge in [0.15, 0.2) is 11.2 Å². The van der Waals surface area contributed by atoms with Gasteiger partial charge in [0.25, 0.3) is 5.56 Å². The van der Waals surface area contributed by atoms with E-state index >= 15 is 0 Å². The predicted octanol–water partition coefficient (Wildman–Crippen LogP) is 1.09. The lowest BCUT2D eigenvalue weighted by Crippen LogP contribution is -2.29. The van der Waals surface area contributed by atoms with Crippen LogP contribution in [0.3, 0.4) is 0 Å². The van der Waals surface area contributed by atoms with Crippen LogP contribution in [0.25, 0.3) is 11.2 Å². The molecule has 0 fully saturated rings. The van der Waals surface area contributed by atoms with Gasteiger partial charge in [-0.1, -0.05) is 24.3 Å². The van der Waals surface area contributed by atoms with Crippen molar-refractivity contribution in [3.63, 3.8) is 0 Å². The van der Waals surface area contributed by atoms with Crippen LogP contribution in [0.4, 0.5) is 0 Å². The third kappa shape index (κ3) is 2.08. The number of aromatic amines is 1. The summed E-state index contributed by atoms with van der Waals surface area (Å²) in [7, 11) is 1.60. The molecule has 2 heterocycles. The highest BCUT2D eigenvalue weighted by atomic mass is 16.2. The highest BCUT2D eigenvalue weighted by molar-refractivity contribution is 5.71. The molecular formula is C15H16N4O2. The maximum absolute atomic E-state index is 12.1. The first-order valence-electron chi connectivity index (χ1n) is 6.69. The number of fused-ring (bicyclic) bond motifs is 1. The molecule has 0 unspecified atom stereocenters. The minimum atomic E-state index is -0.451. The van der Waals surface area contributed by atoms with Gasteiger partial charge in [0.05, 0.1) is 0 Å². The normalized spacial score (nSPS) is 11.2. The van der Waals surface area contributed by atoms with Crippen LogP contribution in [0.15, 0.2) is 33.9 Å². The smallest absolute Gasteiger partial charge is 0.318 e. The Morgan fingerprint density at radius 1 is 1.19 bits per heavy atom. The molecule has 1 N–H and O–H groups in total. The van der Waals surface area contributed by atoms with E-state index in [0.29, 0.717) is 23.5 Å². The van der Waals surface area contributed by atoms with E-state index in [1.54, 1.807) is 7.05 Å². The Bertz CT molecular complexity index is 946. The van der Waals surface area contributed by atoms with Crippen LogP contribution in [0.1, 0.15) is 17.0 Å². The number of nitrogens with zero attached hydrogens (tertiary/aromatic N) is 3. The summed E-state index contributed by atoms with van der Waals surface area (Å²) in [5.74, 6) is 0.708. The van der Waals surface area contributed by atoms with Gasteiger partial charge in [0.1, 0.15) is 5.82 Å². The summed E-state index contributed by atoms with van der Waals surface area (Å²) >= 11 is 0. The number of hydrogen-bond donors (Lipinski definition) is 1. The lowest BCUT2D eigenvalue weighted by molar-refractivity contribution is 0.775. The molecule has 0 aliphatic heterocycles. The van der Waals surface area contributed by atoms with Crippen LogP contribution in [0, 0.1) is 13.8 Å². The second kappa shape index (κ2) is 4.73. The lowest BCUT2D eigenvalue weighted by atomic mass is 10.1. The van der Waals surface area contributed by atoms with Crippen LogP contribution in [-0.2, 0) is 13.6 Å². The molecule has 0 aliphatic rings. The van der Waals surface area contributed by atoms with Gasteiger partial charge in [-0.15, -0.1) is 0 Å². The molecule has 0 saturated heterocycles. The van der Waals surface area contributed by atoms with Gasteiger partial charge in [-0.05, 0) is 25.0 Å². The van der Waals surface area contributed by atoms with Crippen molar-refractivity contribution in [2.75, 3.05) is 0 Å². The molecule has 0 atom stereocenters. The lowest BCUT2D eigenvalue weighted by Gasteiger charge is -2.09. The van der Waals surface area contributed by atoms with Crippen molar-refractivity contribution in [3.8, 4) is 0 Å². The number of rotatable bonds is 2. The molecule has 0 saturated carbocycles. The van der Waals surface area contributed by atoms with Crippen molar-refractivity contribution < 1.29 is 0 Å². The summed E-state index contributed by atoms with van der Waals surface area (Å²) < 4.78 is 3.20. The van der Waals surface area contributed by atoms with E-state index in [4.69, 9.17) is 0 Å². The van der Waals surface area contributed by atoms with Crippen LogP contribution >= 0.6 is 0 Å². The fourth-order valence-corrected chi connectivity index (χ4v) is 2.49. The monoisotopic (exact) mass is 284 g/mol. The van der Waals surface area contributed by atoms with Crippen LogP contribution in [0.5, 0.6) is 0 Å². The number of hydrogen-bond acceptors (Lipinski definition) is 3. The predicted molar refractivity (Wildman–Crippen MR) is 80.6 cm³/mol. The van der Waals surface area contributed by atoms with E-state index in [9.17, 15) is 9.59 Å². The largest absolute Gasteiger partial charge is 0.329 e. The Hall–Kier alpha value is -2.63. The Labute approximate surface area is 120 Å². The SMILES string of the molecule is Cc1ccccc1Cn1c(C)nc2c1c(=O)[nH]c(=O)n2C. The minimum Gasteiger partial charge on any atom is -0.318 e. The topological polar surface area (TPSA) is 72.7 Å². The minimum absolute atomic E-state index is 0.401. The van der Waals surface area contributed by atoms with E-state index in [1.807, 2.05) is 42.7 Å². The van der Waals surface area contributed by atoms with Gasteiger partial charge in [-0.25, -0.2) is 9.78 Å². The van der Waals surface area contributed by atoms with Gasteiger partial charge in [-0.3, -0.25) is 14.3 Å². The Balaban J connectivity index is 2.27. The van der Waals surface area contributed by atoms with E-state index < -0.39 is 11.2 Å². The molecule has 1 aromatic carbocycles. The Kier molecular flexibility index (Phi) is 3.01. The molecule has 6 nitrogen and oxygen atoms in total. The quantitative estimate of drug-likeness (QED) is 0.765. The molecule has 0 aliphatic carbocycles. The van der Waals surface area contributed by atoms with Gasteiger partial charge >= 0.3 is 5.69 Å². The summed E-state index contributed by atoms with van der Waals surface area (Å²) in [6.45, 7) is 4.42. The highest BCUT2D eigenvalue weighted by Crippen LogP contribution is 2.15. The molecule has 0 spiro atoms. The first-order valence-corrected chi connectivity index (χ1v) is 6.69. The fraction of sp³-hybridized carbons (Fsp3) is 0.267. The second-order valence-corrected chi connectivity index (χ2v) is 5.16. The van der Waals surface area contributed by atoms with E-state index in [2.05, 4.69) is 9.97 Å². The number of aryl methyl sites for hydroxylation is 3. The van der Waals surface area contributed by atoms with E-state index in [-0.39, 0.29) is 0 Å². The van der Waals surface area contributed by atoms with Gasteiger partial charge < -0.3 is 4.57 Å². The number of benzene rings is 1. The highest BCUT2D eigenvalue weighted by Gasteiger charge is 2.15. The average molecular weight is 284 g/mol. The van der Waals surface area contributed by atoms with Crippen molar-refractivity contribution in [2.24, 2.45) is 7.05 Å². The van der Waals surface area contributed by atoms with Crippen molar-refractivity contribution in [3.05, 3.63) is 62.1 Å². The summed E-state index contributed by atoms with van der Waals surface area (Å²) in [5, 5.41) is 0. The van der Waals surface area contributed by atoms with Crippen molar-refractivity contribution >= 4 is 11.2 Å². The molecule has 0 radical (unpaired) electrons. The van der Waals surface area contributed by atoms with Crippen molar-refractivity contribution in [1.82, 2.24) is 19.1 Å². The van der Waals surface area contributed by atoms with Crippen molar-refractivity contribution in [2.45, 2.75) is 20.4 Å². The molecule has 108 valence electrons. The van der Waals surface area contributed by atoms with Gasteiger partial charge in [0, 0.05) is 13.6 Å². The average Bonchev–Trinajstić information content (AvgIpc) is 2.77. The number of aromatic nitrogens is 4.